The standard InChI is InChI=1S/C22H30ClNO5/c1-15(2)13-29-22-18(23)11-17(12-19(22)27-4)8-9-21(26)28-14-20(25)24-10-6-5-7-16(24)3/h8-9,11-12,15-16H,5-7,10,13-14H2,1-4H3/b9-8+/t16-/m0/s1. The Labute approximate surface area is 177 Å². The Morgan fingerprint density at radius 3 is 2.72 bits per heavy atom. The number of carbonyl (C=O) groups is 2. The number of methoxy groups -OCH3 is 1. The van der Waals surface area contributed by atoms with Gasteiger partial charge in [0.05, 0.1) is 18.7 Å². The van der Waals surface area contributed by atoms with Gasteiger partial charge in [0, 0.05) is 18.7 Å². The Hall–Kier alpha value is -2.21. The van der Waals surface area contributed by atoms with Crippen LogP contribution in [0.15, 0.2) is 18.2 Å². The Morgan fingerprint density at radius 2 is 2.07 bits per heavy atom. The number of amides is 1. The van der Waals surface area contributed by atoms with Crippen LogP contribution >= 0.6 is 11.6 Å². The molecule has 1 heterocycles. The molecular formula is C22H30ClNO5. The summed E-state index contributed by atoms with van der Waals surface area (Å²) in [5.41, 5.74) is 0.664. The van der Waals surface area contributed by atoms with Crippen molar-refractivity contribution in [3.05, 3.63) is 28.8 Å². The molecule has 0 bridgehead atoms. The molecule has 1 fully saturated rings. The molecule has 0 radical (unpaired) electrons. The minimum atomic E-state index is -0.585. The van der Waals surface area contributed by atoms with E-state index in [2.05, 4.69) is 0 Å². The predicted molar refractivity (Wildman–Crippen MR) is 113 cm³/mol. The molecule has 0 aliphatic carbocycles. The summed E-state index contributed by atoms with van der Waals surface area (Å²) in [5.74, 6) is 0.568. The van der Waals surface area contributed by atoms with Gasteiger partial charge in [-0.2, -0.15) is 0 Å². The van der Waals surface area contributed by atoms with Crippen LogP contribution in [0.5, 0.6) is 11.5 Å². The summed E-state index contributed by atoms with van der Waals surface area (Å²) in [4.78, 5) is 26.0. The third kappa shape index (κ3) is 6.96. The van der Waals surface area contributed by atoms with Gasteiger partial charge in [0.2, 0.25) is 0 Å². The molecule has 1 aliphatic rings. The van der Waals surface area contributed by atoms with Crippen LogP contribution in [0, 0.1) is 5.92 Å². The van der Waals surface area contributed by atoms with E-state index >= 15 is 0 Å². The van der Waals surface area contributed by atoms with Crippen molar-refractivity contribution in [3.8, 4) is 11.5 Å². The largest absolute Gasteiger partial charge is 0.493 e. The van der Waals surface area contributed by atoms with Gasteiger partial charge < -0.3 is 19.1 Å². The van der Waals surface area contributed by atoms with E-state index in [0.717, 1.165) is 25.8 Å². The molecule has 1 aliphatic heterocycles. The molecule has 6 nitrogen and oxygen atoms in total. The van der Waals surface area contributed by atoms with Crippen molar-refractivity contribution >= 4 is 29.6 Å². The number of benzene rings is 1. The van der Waals surface area contributed by atoms with E-state index in [1.807, 2.05) is 20.8 Å². The highest BCUT2D eigenvalue weighted by Gasteiger charge is 2.23. The number of rotatable bonds is 8. The molecule has 1 atom stereocenters. The molecule has 1 aromatic carbocycles. The van der Waals surface area contributed by atoms with Crippen LogP contribution in [0.2, 0.25) is 5.02 Å². The lowest BCUT2D eigenvalue weighted by molar-refractivity contribution is -0.149. The van der Waals surface area contributed by atoms with E-state index in [4.69, 9.17) is 25.8 Å². The zero-order valence-corrected chi connectivity index (χ0v) is 18.3. The monoisotopic (exact) mass is 423 g/mol. The molecule has 1 amide bonds. The smallest absolute Gasteiger partial charge is 0.331 e. The number of piperidine rings is 1. The molecular weight excluding hydrogens is 394 g/mol. The van der Waals surface area contributed by atoms with Gasteiger partial charge in [-0.05, 0) is 55.9 Å². The Balaban J connectivity index is 1.95. The molecule has 160 valence electrons. The molecule has 0 saturated carbocycles. The van der Waals surface area contributed by atoms with E-state index in [0.29, 0.717) is 34.6 Å². The average molecular weight is 424 g/mol. The number of esters is 1. The van der Waals surface area contributed by atoms with Crippen LogP contribution in [0.1, 0.15) is 45.6 Å². The number of carbonyl (C=O) groups excluding carboxylic acids is 2. The van der Waals surface area contributed by atoms with E-state index in [1.165, 1.54) is 13.2 Å². The predicted octanol–water partition coefficient (Wildman–Crippen LogP) is 4.34. The van der Waals surface area contributed by atoms with E-state index in [1.54, 1.807) is 23.1 Å². The third-order valence-electron chi connectivity index (χ3n) is 4.69. The van der Waals surface area contributed by atoms with Gasteiger partial charge in [-0.1, -0.05) is 25.4 Å². The van der Waals surface area contributed by atoms with Crippen molar-refractivity contribution in [2.75, 3.05) is 26.9 Å². The van der Waals surface area contributed by atoms with Gasteiger partial charge in [-0.3, -0.25) is 4.79 Å². The fourth-order valence-corrected chi connectivity index (χ4v) is 3.40. The maximum absolute atomic E-state index is 12.2. The fraction of sp³-hybridized carbons (Fsp3) is 0.545. The Bertz CT molecular complexity index is 747. The summed E-state index contributed by atoms with van der Waals surface area (Å²) in [6.45, 7) is 7.09. The lowest BCUT2D eigenvalue weighted by Gasteiger charge is -2.33. The van der Waals surface area contributed by atoms with Gasteiger partial charge in [-0.15, -0.1) is 0 Å². The van der Waals surface area contributed by atoms with Crippen LogP contribution in [0.25, 0.3) is 6.08 Å². The maximum atomic E-state index is 12.2. The second-order valence-electron chi connectivity index (χ2n) is 7.61. The van der Waals surface area contributed by atoms with E-state index in [-0.39, 0.29) is 18.6 Å². The molecule has 7 heteroatoms. The first-order valence-corrected chi connectivity index (χ1v) is 10.3. The summed E-state index contributed by atoms with van der Waals surface area (Å²) in [6, 6.07) is 3.60. The molecule has 1 saturated heterocycles. The van der Waals surface area contributed by atoms with Crippen LogP contribution < -0.4 is 9.47 Å². The van der Waals surface area contributed by atoms with Crippen LogP contribution in [0.3, 0.4) is 0 Å². The lowest BCUT2D eigenvalue weighted by atomic mass is 10.0. The molecule has 29 heavy (non-hydrogen) atoms. The highest BCUT2D eigenvalue weighted by molar-refractivity contribution is 6.32. The number of hydrogen-bond acceptors (Lipinski definition) is 5. The van der Waals surface area contributed by atoms with Crippen molar-refractivity contribution in [3.63, 3.8) is 0 Å². The first-order valence-electron chi connectivity index (χ1n) is 9.96. The minimum Gasteiger partial charge on any atom is -0.493 e. The van der Waals surface area contributed by atoms with Gasteiger partial charge in [0.15, 0.2) is 18.1 Å². The van der Waals surface area contributed by atoms with Crippen molar-refractivity contribution in [1.82, 2.24) is 4.90 Å². The number of nitrogens with zero attached hydrogens (tertiary/aromatic N) is 1. The highest BCUT2D eigenvalue weighted by Crippen LogP contribution is 2.37. The quantitative estimate of drug-likeness (QED) is 0.459. The normalized spacial score (nSPS) is 16.9. The van der Waals surface area contributed by atoms with Crippen LogP contribution in [0.4, 0.5) is 0 Å². The molecule has 0 N–H and O–H groups in total. The fourth-order valence-electron chi connectivity index (χ4n) is 3.12. The number of ether oxygens (including phenoxy) is 3. The van der Waals surface area contributed by atoms with Crippen molar-refractivity contribution in [1.29, 1.82) is 0 Å². The highest BCUT2D eigenvalue weighted by atomic mass is 35.5. The SMILES string of the molecule is COc1cc(/C=C/C(=O)OCC(=O)N2CCCC[C@@H]2C)cc(Cl)c1OCC(C)C. The number of hydrogen-bond donors (Lipinski definition) is 0. The molecule has 0 spiro atoms. The molecule has 1 aromatic rings. The molecule has 0 aromatic heterocycles. The Kier molecular flexibility index (Phi) is 8.83. The zero-order valence-electron chi connectivity index (χ0n) is 17.6. The molecule has 0 unspecified atom stereocenters. The van der Waals surface area contributed by atoms with Crippen LogP contribution in [-0.2, 0) is 14.3 Å². The van der Waals surface area contributed by atoms with Crippen molar-refractivity contribution in [2.24, 2.45) is 5.92 Å². The minimum absolute atomic E-state index is 0.157. The number of halogens is 1. The number of likely N-dealkylation sites (tertiary alicyclic amines) is 1. The summed E-state index contributed by atoms with van der Waals surface area (Å²) >= 11 is 6.31. The zero-order chi connectivity index (χ0) is 21.4. The molecule has 2 rings (SSSR count). The Morgan fingerprint density at radius 1 is 1.31 bits per heavy atom. The summed E-state index contributed by atoms with van der Waals surface area (Å²) in [7, 11) is 1.53. The second kappa shape index (κ2) is 11.1. The van der Waals surface area contributed by atoms with E-state index < -0.39 is 5.97 Å². The average Bonchev–Trinajstić information content (AvgIpc) is 2.69. The van der Waals surface area contributed by atoms with Crippen LogP contribution in [-0.4, -0.2) is 49.7 Å². The first kappa shape index (κ1) is 23.1. The lowest BCUT2D eigenvalue weighted by Crippen LogP contribution is -2.44. The topological polar surface area (TPSA) is 65.1 Å². The van der Waals surface area contributed by atoms with Gasteiger partial charge in [0.1, 0.15) is 0 Å². The van der Waals surface area contributed by atoms with Gasteiger partial charge >= 0.3 is 5.97 Å². The van der Waals surface area contributed by atoms with Gasteiger partial charge in [0.25, 0.3) is 5.91 Å². The summed E-state index contributed by atoms with van der Waals surface area (Å²) < 4.78 is 16.2. The first-order chi connectivity index (χ1) is 13.8. The summed E-state index contributed by atoms with van der Waals surface area (Å²) in [5, 5.41) is 0.396. The third-order valence-corrected chi connectivity index (χ3v) is 4.97. The van der Waals surface area contributed by atoms with Crippen molar-refractivity contribution in [2.45, 2.75) is 46.1 Å². The van der Waals surface area contributed by atoms with E-state index in [9.17, 15) is 9.59 Å². The summed E-state index contributed by atoms with van der Waals surface area (Å²) in [6.07, 6.45) is 5.94. The van der Waals surface area contributed by atoms with Gasteiger partial charge in [-0.25, -0.2) is 4.79 Å². The second-order valence-corrected chi connectivity index (χ2v) is 8.02. The van der Waals surface area contributed by atoms with Crippen molar-refractivity contribution < 1.29 is 23.8 Å². The maximum Gasteiger partial charge on any atom is 0.331 e.